The normalized spacial score (nSPS) is 31.7. The smallest absolute Gasteiger partial charge is 0.240 e. The lowest BCUT2D eigenvalue weighted by Crippen LogP contribution is -2.58. The predicted molar refractivity (Wildman–Crippen MR) is 88.3 cm³/mol. The molecule has 0 saturated carbocycles. The van der Waals surface area contributed by atoms with E-state index in [0.717, 1.165) is 65.1 Å². The molecule has 0 bridgehead atoms. The fraction of sp³-hybridized carbons (Fsp3) is 0.941. The molecule has 3 heterocycles. The molecule has 3 aliphatic heterocycles. The number of carbonyl (C=O) groups is 1. The van der Waals surface area contributed by atoms with Gasteiger partial charge in [0.25, 0.3) is 0 Å². The van der Waals surface area contributed by atoms with Gasteiger partial charge in [-0.3, -0.25) is 14.6 Å². The number of piperazine rings is 1. The van der Waals surface area contributed by atoms with E-state index >= 15 is 0 Å². The number of likely N-dealkylation sites (tertiary alicyclic amines) is 1. The van der Waals surface area contributed by atoms with Crippen molar-refractivity contribution in [1.29, 1.82) is 0 Å². The predicted octanol–water partition coefficient (Wildman–Crippen LogP) is 0.155. The molecule has 2 atom stereocenters. The minimum absolute atomic E-state index is 0.0784. The second-order valence-corrected chi connectivity index (χ2v) is 7.13. The van der Waals surface area contributed by atoms with Gasteiger partial charge in [-0.2, -0.15) is 0 Å². The van der Waals surface area contributed by atoms with Crippen molar-refractivity contribution >= 4 is 5.91 Å². The van der Waals surface area contributed by atoms with Gasteiger partial charge in [-0.25, -0.2) is 0 Å². The van der Waals surface area contributed by atoms with Gasteiger partial charge >= 0.3 is 0 Å². The molecule has 6 heteroatoms. The zero-order valence-electron chi connectivity index (χ0n) is 14.3. The molecular weight excluding hydrogens is 294 g/mol. The molecular formula is C17H31N3O3. The number of nitrogens with zero attached hydrogens (tertiary/aromatic N) is 3. The SMILES string of the molecule is C[C@H]1CN(C(=O)[C@@H]2CCCN2C2CCOCC2)CCN1CCO. The highest BCUT2D eigenvalue weighted by molar-refractivity contribution is 5.82. The molecule has 0 spiro atoms. The number of aliphatic hydroxyl groups excluding tert-OH is 1. The topological polar surface area (TPSA) is 56.2 Å². The Kier molecular flexibility index (Phi) is 5.91. The molecule has 132 valence electrons. The van der Waals surface area contributed by atoms with E-state index in [0.29, 0.717) is 24.5 Å². The fourth-order valence-corrected chi connectivity index (χ4v) is 4.37. The molecule has 0 aromatic heterocycles. The van der Waals surface area contributed by atoms with Crippen molar-refractivity contribution in [3.8, 4) is 0 Å². The minimum atomic E-state index is 0.0784. The van der Waals surface area contributed by atoms with Gasteiger partial charge in [0.15, 0.2) is 0 Å². The van der Waals surface area contributed by atoms with Crippen molar-refractivity contribution < 1.29 is 14.6 Å². The molecule has 0 unspecified atom stereocenters. The maximum absolute atomic E-state index is 13.0. The maximum atomic E-state index is 13.0. The Labute approximate surface area is 139 Å². The second kappa shape index (κ2) is 7.92. The number of carbonyl (C=O) groups excluding carboxylic acids is 1. The van der Waals surface area contributed by atoms with Gasteiger partial charge in [-0.05, 0) is 39.2 Å². The maximum Gasteiger partial charge on any atom is 0.240 e. The highest BCUT2D eigenvalue weighted by atomic mass is 16.5. The van der Waals surface area contributed by atoms with Gasteiger partial charge in [0, 0.05) is 51.5 Å². The van der Waals surface area contributed by atoms with Crippen molar-refractivity contribution in [2.45, 2.75) is 50.7 Å². The Bertz CT molecular complexity index is 401. The van der Waals surface area contributed by atoms with E-state index in [4.69, 9.17) is 9.84 Å². The molecule has 0 aromatic rings. The molecule has 0 aliphatic carbocycles. The van der Waals surface area contributed by atoms with Crippen LogP contribution in [0.1, 0.15) is 32.6 Å². The molecule has 1 amide bonds. The Morgan fingerprint density at radius 3 is 2.65 bits per heavy atom. The molecule has 1 N–H and O–H groups in total. The molecule has 6 nitrogen and oxygen atoms in total. The van der Waals surface area contributed by atoms with Crippen LogP contribution in [-0.2, 0) is 9.53 Å². The third-order valence-electron chi connectivity index (χ3n) is 5.70. The number of rotatable bonds is 4. The average Bonchev–Trinajstić information content (AvgIpc) is 3.06. The summed E-state index contributed by atoms with van der Waals surface area (Å²) in [7, 11) is 0. The number of hydrogen-bond donors (Lipinski definition) is 1. The number of hydrogen-bond acceptors (Lipinski definition) is 5. The van der Waals surface area contributed by atoms with Gasteiger partial charge in [-0.15, -0.1) is 0 Å². The third kappa shape index (κ3) is 3.87. The lowest BCUT2D eigenvalue weighted by Gasteiger charge is -2.42. The van der Waals surface area contributed by atoms with E-state index < -0.39 is 0 Å². The van der Waals surface area contributed by atoms with E-state index in [-0.39, 0.29) is 12.6 Å². The Balaban J connectivity index is 1.58. The van der Waals surface area contributed by atoms with Crippen LogP contribution in [0, 0.1) is 0 Å². The summed E-state index contributed by atoms with van der Waals surface area (Å²) >= 11 is 0. The number of amides is 1. The highest BCUT2D eigenvalue weighted by Gasteiger charge is 2.39. The first-order valence-corrected chi connectivity index (χ1v) is 9.18. The summed E-state index contributed by atoms with van der Waals surface area (Å²) in [5.41, 5.74) is 0. The zero-order valence-corrected chi connectivity index (χ0v) is 14.3. The van der Waals surface area contributed by atoms with E-state index in [1.165, 1.54) is 0 Å². The fourth-order valence-electron chi connectivity index (χ4n) is 4.37. The van der Waals surface area contributed by atoms with Crippen LogP contribution < -0.4 is 0 Å². The number of ether oxygens (including phenoxy) is 1. The van der Waals surface area contributed by atoms with Crippen LogP contribution in [0.15, 0.2) is 0 Å². The summed E-state index contributed by atoms with van der Waals surface area (Å²) in [5.74, 6) is 0.324. The van der Waals surface area contributed by atoms with Gasteiger partial charge in [0.05, 0.1) is 12.6 Å². The monoisotopic (exact) mass is 325 g/mol. The lowest BCUT2D eigenvalue weighted by molar-refractivity contribution is -0.140. The molecule has 3 aliphatic rings. The molecule has 0 radical (unpaired) electrons. The van der Waals surface area contributed by atoms with E-state index in [9.17, 15) is 4.79 Å². The Hall–Kier alpha value is -0.690. The summed E-state index contributed by atoms with van der Waals surface area (Å²) in [6.45, 7) is 8.23. The summed E-state index contributed by atoms with van der Waals surface area (Å²) in [6.07, 6.45) is 4.25. The number of aliphatic hydroxyl groups is 1. The van der Waals surface area contributed by atoms with Gasteiger partial charge in [0.2, 0.25) is 5.91 Å². The summed E-state index contributed by atoms with van der Waals surface area (Å²) in [6, 6.07) is 0.931. The van der Waals surface area contributed by atoms with Gasteiger partial charge in [-0.1, -0.05) is 0 Å². The number of β-amino-alcohol motifs (C(OH)–C–C–N with tert-alkyl or cyclic N) is 1. The standard InChI is InChI=1S/C17H31N3O3/c1-14-13-19(8-7-18(14)9-10-21)17(22)16-3-2-6-20(16)15-4-11-23-12-5-15/h14-16,21H,2-13H2,1H3/t14-,16-/m0/s1. The quantitative estimate of drug-likeness (QED) is 0.798. The second-order valence-electron chi connectivity index (χ2n) is 7.13. The first kappa shape index (κ1) is 17.1. The third-order valence-corrected chi connectivity index (χ3v) is 5.70. The van der Waals surface area contributed by atoms with Gasteiger partial charge in [0.1, 0.15) is 0 Å². The lowest BCUT2D eigenvalue weighted by atomic mass is 10.0. The Morgan fingerprint density at radius 1 is 1.17 bits per heavy atom. The molecule has 3 rings (SSSR count). The van der Waals surface area contributed by atoms with Crippen molar-refractivity contribution in [3.05, 3.63) is 0 Å². The van der Waals surface area contributed by atoms with Crippen molar-refractivity contribution in [2.75, 3.05) is 52.5 Å². The van der Waals surface area contributed by atoms with E-state index in [1.54, 1.807) is 0 Å². The molecule has 0 aromatic carbocycles. The van der Waals surface area contributed by atoms with Gasteiger partial charge < -0.3 is 14.7 Å². The molecule has 23 heavy (non-hydrogen) atoms. The summed E-state index contributed by atoms with van der Waals surface area (Å²) < 4.78 is 5.47. The van der Waals surface area contributed by atoms with Crippen molar-refractivity contribution in [3.63, 3.8) is 0 Å². The molecule has 3 saturated heterocycles. The largest absolute Gasteiger partial charge is 0.395 e. The zero-order chi connectivity index (χ0) is 16.2. The first-order chi connectivity index (χ1) is 11.2. The summed E-state index contributed by atoms with van der Waals surface area (Å²) in [4.78, 5) is 19.8. The average molecular weight is 325 g/mol. The van der Waals surface area contributed by atoms with Crippen LogP contribution in [-0.4, -0.2) is 96.4 Å². The van der Waals surface area contributed by atoms with Crippen molar-refractivity contribution in [1.82, 2.24) is 14.7 Å². The Morgan fingerprint density at radius 2 is 1.96 bits per heavy atom. The molecule has 3 fully saturated rings. The van der Waals surface area contributed by atoms with Crippen LogP contribution in [0.4, 0.5) is 0 Å². The summed E-state index contributed by atoms with van der Waals surface area (Å²) in [5, 5.41) is 9.12. The first-order valence-electron chi connectivity index (χ1n) is 9.18. The van der Waals surface area contributed by atoms with E-state index in [1.807, 2.05) is 0 Å². The van der Waals surface area contributed by atoms with Crippen LogP contribution in [0.3, 0.4) is 0 Å². The van der Waals surface area contributed by atoms with Crippen LogP contribution >= 0.6 is 0 Å². The van der Waals surface area contributed by atoms with Crippen molar-refractivity contribution in [2.24, 2.45) is 0 Å². The van der Waals surface area contributed by atoms with Crippen LogP contribution in [0.5, 0.6) is 0 Å². The highest BCUT2D eigenvalue weighted by Crippen LogP contribution is 2.27. The minimum Gasteiger partial charge on any atom is -0.395 e. The van der Waals surface area contributed by atoms with E-state index in [2.05, 4.69) is 21.6 Å². The van der Waals surface area contributed by atoms with Crippen LogP contribution in [0.2, 0.25) is 0 Å². The van der Waals surface area contributed by atoms with Crippen LogP contribution in [0.25, 0.3) is 0 Å².